The highest BCUT2D eigenvalue weighted by atomic mass is 16.2. The Balaban J connectivity index is 2.24. The van der Waals surface area contributed by atoms with Crippen LogP contribution in [0.15, 0.2) is 12.3 Å². The number of nitrogens with zero attached hydrogens (tertiary/aromatic N) is 3. The zero-order valence-corrected chi connectivity index (χ0v) is 9.53. The minimum atomic E-state index is -0.0339. The van der Waals surface area contributed by atoms with Crippen LogP contribution < -0.4 is 5.32 Å². The zero-order valence-electron chi connectivity index (χ0n) is 9.53. The van der Waals surface area contributed by atoms with Gasteiger partial charge >= 0.3 is 6.03 Å². The molecule has 0 spiro atoms. The molecular weight excluding hydrogens is 192 g/mol. The summed E-state index contributed by atoms with van der Waals surface area (Å²) in [5.74, 6) is 0. The molecule has 0 bridgehead atoms. The largest absolute Gasteiger partial charge is 0.338 e. The van der Waals surface area contributed by atoms with Crippen molar-refractivity contribution in [2.75, 3.05) is 20.1 Å². The Kier molecular flexibility index (Phi) is 4.15. The Labute approximate surface area is 90.1 Å². The molecule has 5 heteroatoms. The van der Waals surface area contributed by atoms with E-state index in [-0.39, 0.29) is 6.03 Å². The highest BCUT2D eigenvalue weighted by Crippen LogP contribution is 1.94. The number of hydrogen-bond acceptors (Lipinski definition) is 2. The Morgan fingerprint density at radius 3 is 2.93 bits per heavy atom. The van der Waals surface area contributed by atoms with Crippen LogP contribution in [-0.2, 0) is 13.5 Å². The monoisotopic (exact) mass is 210 g/mol. The van der Waals surface area contributed by atoms with E-state index in [1.807, 2.05) is 26.2 Å². The number of amides is 2. The summed E-state index contributed by atoms with van der Waals surface area (Å²) in [6.45, 7) is 3.29. The molecule has 0 atom stereocenters. The fourth-order valence-corrected chi connectivity index (χ4v) is 1.17. The van der Waals surface area contributed by atoms with Gasteiger partial charge in [0.1, 0.15) is 0 Å². The van der Waals surface area contributed by atoms with Gasteiger partial charge in [0.25, 0.3) is 0 Å². The molecule has 84 valence electrons. The van der Waals surface area contributed by atoms with Gasteiger partial charge in [-0.05, 0) is 13.0 Å². The van der Waals surface area contributed by atoms with Crippen molar-refractivity contribution in [3.8, 4) is 0 Å². The molecule has 0 saturated heterocycles. The maximum Gasteiger partial charge on any atom is 0.317 e. The predicted molar refractivity (Wildman–Crippen MR) is 58.6 cm³/mol. The average molecular weight is 210 g/mol. The number of nitrogens with one attached hydrogen (secondary N) is 1. The summed E-state index contributed by atoms with van der Waals surface area (Å²) >= 11 is 0. The second-order valence-electron chi connectivity index (χ2n) is 3.48. The maximum atomic E-state index is 11.4. The summed E-state index contributed by atoms with van der Waals surface area (Å²) in [6.07, 6.45) is 2.67. The Morgan fingerprint density at radius 2 is 2.40 bits per heavy atom. The van der Waals surface area contributed by atoms with Crippen LogP contribution in [0.25, 0.3) is 0 Å². The van der Waals surface area contributed by atoms with Crippen molar-refractivity contribution in [1.82, 2.24) is 20.0 Å². The lowest BCUT2D eigenvalue weighted by atomic mass is 10.3. The smallest absolute Gasteiger partial charge is 0.317 e. The van der Waals surface area contributed by atoms with Gasteiger partial charge in [0.05, 0.1) is 5.69 Å². The van der Waals surface area contributed by atoms with Crippen molar-refractivity contribution in [2.24, 2.45) is 7.05 Å². The first-order chi connectivity index (χ1) is 7.13. The van der Waals surface area contributed by atoms with Gasteiger partial charge in [-0.25, -0.2) is 4.79 Å². The highest BCUT2D eigenvalue weighted by molar-refractivity contribution is 5.73. The summed E-state index contributed by atoms with van der Waals surface area (Å²) in [7, 11) is 3.66. The van der Waals surface area contributed by atoms with E-state index in [2.05, 4.69) is 10.4 Å². The number of carbonyl (C=O) groups excluding carboxylic acids is 1. The summed E-state index contributed by atoms with van der Waals surface area (Å²) in [6, 6.07) is 1.92. The van der Waals surface area contributed by atoms with E-state index < -0.39 is 0 Å². The van der Waals surface area contributed by atoms with Crippen LogP contribution in [0.3, 0.4) is 0 Å². The second kappa shape index (κ2) is 5.38. The normalized spacial score (nSPS) is 10.1. The fourth-order valence-electron chi connectivity index (χ4n) is 1.17. The molecule has 0 aliphatic heterocycles. The minimum absolute atomic E-state index is 0.0339. The van der Waals surface area contributed by atoms with Gasteiger partial charge in [-0.15, -0.1) is 0 Å². The molecular formula is C10H18N4O. The van der Waals surface area contributed by atoms with Crippen molar-refractivity contribution in [2.45, 2.75) is 13.3 Å². The van der Waals surface area contributed by atoms with E-state index in [0.29, 0.717) is 6.54 Å². The molecule has 0 aromatic carbocycles. The summed E-state index contributed by atoms with van der Waals surface area (Å²) in [4.78, 5) is 13.0. The first-order valence-corrected chi connectivity index (χ1v) is 5.11. The third-order valence-electron chi connectivity index (χ3n) is 2.25. The molecule has 0 fully saturated rings. The molecule has 0 aliphatic carbocycles. The van der Waals surface area contributed by atoms with E-state index >= 15 is 0 Å². The zero-order chi connectivity index (χ0) is 11.3. The van der Waals surface area contributed by atoms with Crippen LogP contribution in [-0.4, -0.2) is 40.8 Å². The van der Waals surface area contributed by atoms with E-state index in [1.54, 1.807) is 16.6 Å². The number of aromatic nitrogens is 2. The lowest BCUT2D eigenvalue weighted by Gasteiger charge is -2.14. The summed E-state index contributed by atoms with van der Waals surface area (Å²) < 4.78 is 1.76. The van der Waals surface area contributed by atoms with Crippen molar-refractivity contribution >= 4 is 6.03 Å². The third kappa shape index (κ3) is 3.61. The number of hydrogen-bond donors (Lipinski definition) is 1. The van der Waals surface area contributed by atoms with Crippen LogP contribution in [0.4, 0.5) is 4.79 Å². The third-order valence-corrected chi connectivity index (χ3v) is 2.25. The molecule has 1 aromatic rings. The maximum absolute atomic E-state index is 11.4. The van der Waals surface area contributed by atoms with Crippen LogP contribution >= 0.6 is 0 Å². The summed E-state index contributed by atoms with van der Waals surface area (Å²) in [5, 5.41) is 7.05. The van der Waals surface area contributed by atoms with Gasteiger partial charge in [0.15, 0.2) is 0 Å². The quantitative estimate of drug-likeness (QED) is 0.792. The van der Waals surface area contributed by atoms with Crippen LogP contribution in [0.1, 0.15) is 12.6 Å². The summed E-state index contributed by atoms with van der Waals surface area (Å²) in [5.41, 5.74) is 0.997. The molecule has 0 unspecified atom stereocenters. The number of carbonyl (C=O) groups is 1. The number of rotatable bonds is 4. The van der Waals surface area contributed by atoms with E-state index in [9.17, 15) is 4.79 Å². The van der Waals surface area contributed by atoms with Gasteiger partial charge in [-0.2, -0.15) is 5.10 Å². The molecule has 0 radical (unpaired) electrons. The predicted octanol–water partition coefficient (Wildman–Crippen LogP) is 0.624. The molecule has 1 N–H and O–H groups in total. The fraction of sp³-hybridized carbons (Fsp3) is 0.600. The molecule has 0 aliphatic rings. The number of urea groups is 1. The lowest BCUT2D eigenvalue weighted by molar-refractivity contribution is 0.211. The Morgan fingerprint density at radius 1 is 1.67 bits per heavy atom. The Hall–Kier alpha value is -1.52. The molecule has 15 heavy (non-hydrogen) atoms. The lowest BCUT2D eigenvalue weighted by Crippen LogP contribution is -2.38. The van der Waals surface area contributed by atoms with Gasteiger partial charge in [0, 0.05) is 39.8 Å². The highest BCUT2D eigenvalue weighted by Gasteiger charge is 2.04. The average Bonchev–Trinajstić information content (AvgIpc) is 2.63. The van der Waals surface area contributed by atoms with E-state index in [0.717, 1.165) is 18.7 Å². The standard InChI is InChI=1S/C10H18N4O/c1-4-13(2)10(15)11-7-5-9-6-8-14(3)12-9/h6,8H,4-5,7H2,1-3H3,(H,11,15). The van der Waals surface area contributed by atoms with Crippen LogP contribution in [0.5, 0.6) is 0 Å². The van der Waals surface area contributed by atoms with Crippen molar-refractivity contribution in [3.05, 3.63) is 18.0 Å². The molecule has 0 saturated carbocycles. The van der Waals surface area contributed by atoms with E-state index in [1.165, 1.54) is 0 Å². The van der Waals surface area contributed by atoms with Gasteiger partial charge in [-0.3, -0.25) is 4.68 Å². The van der Waals surface area contributed by atoms with Crippen LogP contribution in [0, 0.1) is 0 Å². The first-order valence-electron chi connectivity index (χ1n) is 5.11. The minimum Gasteiger partial charge on any atom is -0.338 e. The SMILES string of the molecule is CCN(C)C(=O)NCCc1ccn(C)n1. The molecule has 5 nitrogen and oxygen atoms in total. The topological polar surface area (TPSA) is 50.2 Å². The Bertz CT molecular complexity index is 321. The van der Waals surface area contributed by atoms with E-state index in [4.69, 9.17) is 0 Å². The van der Waals surface area contributed by atoms with Crippen LogP contribution in [0.2, 0.25) is 0 Å². The van der Waals surface area contributed by atoms with Crippen molar-refractivity contribution in [1.29, 1.82) is 0 Å². The van der Waals surface area contributed by atoms with Gasteiger partial charge in [0.2, 0.25) is 0 Å². The molecule has 1 rings (SSSR count). The van der Waals surface area contributed by atoms with Crippen molar-refractivity contribution in [3.63, 3.8) is 0 Å². The van der Waals surface area contributed by atoms with Gasteiger partial charge in [-0.1, -0.05) is 0 Å². The number of aryl methyl sites for hydroxylation is 1. The first kappa shape index (κ1) is 11.6. The molecule has 1 aromatic heterocycles. The van der Waals surface area contributed by atoms with Crippen molar-refractivity contribution < 1.29 is 4.79 Å². The second-order valence-corrected chi connectivity index (χ2v) is 3.48. The van der Waals surface area contributed by atoms with Gasteiger partial charge < -0.3 is 10.2 Å². The molecule has 1 heterocycles. The molecule has 2 amide bonds.